The van der Waals surface area contributed by atoms with Crippen molar-refractivity contribution < 1.29 is 14.7 Å². The highest BCUT2D eigenvalue weighted by Crippen LogP contribution is 2.12. The largest absolute Gasteiger partial charge is 0.481 e. The Labute approximate surface area is 119 Å². The van der Waals surface area contributed by atoms with Gasteiger partial charge < -0.3 is 15.7 Å². The fraction of sp³-hybridized carbons (Fsp3) is 0.467. The van der Waals surface area contributed by atoms with Crippen LogP contribution in [0.25, 0.3) is 0 Å². The number of anilines is 1. The van der Waals surface area contributed by atoms with E-state index in [0.29, 0.717) is 6.42 Å². The van der Waals surface area contributed by atoms with Gasteiger partial charge in [-0.3, -0.25) is 9.59 Å². The van der Waals surface area contributed by atoms with Gasteiger partial charge in [-0.1, -0.05) is 19.1 Å². The van der Waals surface area contributed by atoms with Crippen molar-refractivity contribution in [1.82, 2.24) is 5.32 Å². The average molecular weight is 278 g/mol. The van der Waals surface area contributed by atoms with E-state index in [1.807, 2.05) is 31.2 Å². The monoisotopic (exact) mass is 278 g/mol. The molecule has 0 bridgehead atoms. The third-order valence-electron chi connectivity index (χ3n) is 2.86. The van der Waals surface area contributed by atoms with Gasteiger partial charge in [-0.25, -0.2) is 0 Å². The summed E-state index contributed by atoms with van der Waals surface area (Å²) in [6.45, 7) is 4.32. The van der Waals surface area contributed by atoms with E-state index in [2.05, 4.69) is 10.6 Å². The molecule has 0 radical (unpaired) electrons. The minimum Gasteiger partial charge on any atom is -0.481 e. The third-order valence-corrected chi connectivity index (χ3v) is 2.86. The maximum Gasteiger partial charge on any atom is 0.304 e. The molecular formula is C15H22N2O3. The van der Waals surface area contributed by atoms with Crippen LogP contribution in [0.1, 0.15) is 32.3 Å². The summed E-state index contributed by atoms with van der Waals surface area (Å²) in [5.74, 6) is -0.903. The number of carboxylic acids is 1. The SMILES string of the molecule is CCCNC(CC(=O)O)Cc1ccc(NC(C)=O)cc1. The number of aliphatic carboxylic acids is 1. The van der Waals surface area contributed by atoms with Crippen LogP contribution in [0.15, 0.2) is 24.3 Å². The normalized spacial score (nSPS) is 11.9. The predicted molar refractivity (Wildman–Crippen MR) is 78.8 cm³/mol. The Hall–Kier alpha value is -1.88. The predicted octanol–water partition coefficient (Wildman–Crippen LogP) is 2.03. The molecule has 0 aliphatic carbocycles. The summed E-state index contributed by atoms with van der Waals surface area (Å²) in [6.07, 6.45) is 1.73. The van der Waals surface area contributed by atoms with Crippen LogP contribution in [0.2, 0.25) is 0 Å². The van der Waals surface area contributed by atoms with Gasteiger partial charge in [0.15, 0.2) is 0 Å². The molecule has 1 aromatic rings. The zero-order chi connectivity index (χ0) is 15.0. The number of hydrogen-bond acceptors (Lipinski definition) is 3. The van der Waals surface area contributed by atoms with Crippen LogP contribution in [-0.4, -0.2) is 29.6 Å². The molecule has 0 saturated heterocycles. The molecule has 1 atom stereocenters. The van der Waals surface area contributed by atoms with Gasteiger partial charge in [-0.05, 0) is 37.1 Å². The summed E-state index contributed by atoms with van der Waals surface area (Å²) in [7, 11) is 0. The first-order valence-corrected chi connectivity index (χ1v) is 6.83. The number of carboxylic acid groups (broad SMARTS) is 1. The zero-order valence-corrected chi connectivity index (χ0v) is 12.0. The standard InChI is InChI=1S/C15H22N2O3/c1-3-8-16-14(10-15(19)20)9-12-4-6-13(7-5-12)17-11(2)18/h4-7,14,16H,3,8-10H2,1-2H3,(H,17,18)(H,19,20). The average Bonchev–Trinajstić information content (AvgIpc) is 2.37. The summed E-state index contributed by atoms with van der Waals surface area (Å²) < 4.78 is 0. The molecule has 5 nitrogen and oxygen atoms in total. The summed E-state index contributed by atoms with van der Waals surface area (Å²) >= 11 is 0. The van der Waals surface area contributed by atoms with Gasteiger partial charge in [0.1, 0.15) is 0 Å². The first-order valence-electron chi connectivity index (χ1n) is 6.83. The Morgan fingerprint density at radius 3 is 2.40 bits per heavy atom. The summed E-state index contributed by atoms with van der Waals surface area (Å²) in [5, 5.41) is 14.9. The fourth-order valence-corrected chi connectivity index (χ4v) is 1.99. The highest BCUT2D eigenvalue weighted by atomic mass is 16.4. The number of nitrogens with one attached hydrogen (secondary N) is 2. The maximum absolute atomic E-state index is 10.9. The lowest BCUT2D eigenvalue weighted by Crippen LogP contribution is -2.33. The van der Waals surface area contributed by atoms with E-state index >= 15 is 0 Å². The molecule has 1 rings (SSSR count). The lowest BCUT2D eigenvalue weighted by Gasteiger charge is -2.16. The molecule has 1 amide bonds. The van der Waals surface area contributed by atoms with Crippen molar-refractivity contribution in [3.63, 3.8) is 0 Å². The second-order valence-electron chi connectivity index (χ2n) is 4.83. The highest BCUT2D eigenvalue weighted by molar-refractivity contribution is 5.88. The number of hydrogen-bond donors (Lipinski definition) is 3. The van der Waals surface area contributed by atoms with E-state index in [-0.39, 0.29) is 18.4 Å². The van der Waals surface area contributed by atoms with Crippen LogP contribution in [-0.2, 0) is 16.0 Å². The Balaban J connectivity index is 2.62. The molecule has 0 fully saturated rings. The lowest BCUT2D eigenvalue weighted by atomic mass is 10.0. The highest BCUT2D eigenvalue weighted by Gasteiger charge is 2.13. The van der Waals surface area contributed by atoms with E-state index in [9.17, 15) is 9.59 Å². The van der Waals surface area contributed by atoms with E-state index in [4.69, 9.17) is 5.11 Å². The second-order valence-corrected chi connectivity index (χ2v) is 4.83. The number of carbonyl (C=O) groups excluding carboxylic acids is 1. The van der Waals surface area contributed by atoms with E-state index in [1.165, 1.54) is 6.92 Å². The number of amides is 1. The molecule has 0 aliphatic heterocycles. The molecule has 20 heavy (non-hydrogen) atoms. The van der Waals surface area contributed by atoms with Gasteiger partial charge in [-0.15, -0.1) is 0 Å². The second kappa shape index (κ2) is 8.32. The van der Waals surface area contributed by atoms with Gasteiger partial charge in [0.25, 0.3) is 0 Å². The Morgan fingerprint density at radius 2 is 1.90 bits per heavy atom. The van der Waals surface area contributed by atoms with E-state index in [0.717, 1.165) is 24.2 Å². The molecular weight excluding hydrogens is 256 g/mol. The van der Waals surface area contributed by atoms with Gasteiger partial charge in [0, 0.05) is 18.7 Å². The van der Waals surface area contributed by atoms with E-state index in [1.54, 1.807) is 0 Å². The van der Waals surface area contributed by atoms with Crippen molar-refractivity contribution in [1.29, 1.82) is 0 Å². The van der Waals surface area contributed by atoms with Crippen molar-refractivity contribution in [2.45, 2.75) is 39.2 Å². The number of benzene rings is 1. The number of rotatable bonds is 8. The molecule has 0 spiro atoms. The quantitative estimate of drug-likeness (QED) is 0.680. The minimum absolute atomic E-state index is 0.0703. The van der Waals surface area contributed by atoms with Crippen molar-refractivity contribution in [2.75, 3.05) is 11.9 Å². The zero-order valence-electron chi connectivity index (χ0n) is 12.0. The summed E-state index contributed by atoms with van der Waals surface area (Å²) in [6, 6.07) is 7.41. The first-order chi connectivity index (χ1) is 9.51. The van der Waals surface area contributed by atoms with Crippen LogP contribution in [0.5, 0.6) is 0 Å². The Morgan fingerprint density at radius 1 is 1.25 bits per heavy atom. The van der Waals surface area contributed by atoms with Crippen molar-refractivity contribution >= 4 is 17.6 Å². The molecule has 0 aliphatic rings. The van der Waals surface area contributed by atoms with Gasteiger partial charge in [0.05, 0.1) is 6.42 Å². The van der Waals surface area contributed by atoms with Gasteiger partial charge in [0.2, 0.25) is 5.91 Å². The van der Waals surface area contributed by atoms with Crippen LogP contribution in [0.4, 0.5) is 5.69 Å². The van der Waals surface area contributed by atoms with Crippen molar-refractivity contribution in [3.05, 3.63) is 29.8 Å². The van der Waals surface area contributed by atoms with Crippen molar-refractivity contribution in [2.24, 2.45) is 0 Å². The third kappa shape index (κ3) is 6.33. The fourth-order valence-electron chi connectivity index (χ4n) is 1.99. The topological polar surface area (TPSA) is 78.4 Å². The van der Waals surface area contributed by atoms with Crippen LogP contribution >= 0.6 is 0 Å². The molecule has 0 aromatic heterocycles. The van der Waals surface area contributed by atoms with E-state index < -0.39 is 5.97 Å². The maximum atomic E-state index is 10.9. The minimum atomic E-state index is -0.798. The molecule has 0 saturated carbocycles. The first kappa shape index (κ1) is 16.2. The molecule has 1 aromatic carbocycles. The van der Waals surface area contributed by atoms with Crippen LogP contribution in [0, 0.1) is 0 Å². The Kier molecular flexibility index (Phi) is 6.73. The molecule has 110 valence electrons. The van der Waals surface area contributed by atoms with Gasteiger partial charge >= 0.3 is 5.97 Å². The lowest BCUT2D eigenvalue weighted by molar-refractivity contribution is -0.137. The summed E-state index contributed by atoms with van der Waals surface area (Å²) in [4.78, 5) is 21.8. The summed E-state index contributed by atoms with van der Waals surface area (Å²) in [5.41, 5.74) is 1.80. The van der Waals surface area contributed by atoms with Gasteiger partial charge in [-0.2, -0.15) is 0 Å². The molecule has 0 heterocycles. The molecule has 5 heteroatoms. The molecule has 1 unspecified atom stereocenters. The van der Waals surface area contributed by atoms with Crippen LogP contribution < -0.4 is 10.6 Å². The smallest absolute Gasteiger partial charge is 0.304 e. The van der Waals surface area contributed by atoms with Crippen molar-refractivity contribution in [3.8, 4) is 0 Å². The van der Waals surface area contributed by atoms with Crippen LogP contribution in [0.3, 0.4) is 0 Å². The molecule has 3 N–H and O–H groups in total. The Bertz CT molecular complexity index is 443. The number of carbonyl (C=O) groups is 2.